The van der Waals surface area contributed by atoms with Crippen molar-refractivity contribution in [1.82, 2.24) is 0 Å². The Hall–Kier alpha value is -1.65. The minimum Gasteiger partial charge on any atom is -0.507 e. The van der Waals surface area contributed by atoms with E-state index in [1.807, 2.05) is 43.3 Å². The second-order valence-electron chi connectivity index (χ2n) is 12.6. The van der Waals surface area contributed by atoms with Crippen LogP contribution in [0.25, 0.3) is 0 Å². The average Bonchev–Trinajstić information content (AvgIpc) is 3.01. The van der Waals surface area contributed by atoms with Gasteiger partial charge in [0.05, 0.1) is 36.6 Å². The van der Waals surface area contributed by atoms with Crippen LogP contribution in [-0.4, -0.2) is 51.9 Å². The molecule has 2 aromatic rings. The van der Waals surface area contributed by atoms with Crippen LogP contribution in [0.4, 0.5) is 0 Å². The van der Waals surface area contributed by atoms with Crippen molar-refractivity contribution in [2.45, 2.75) is 158 Å². The summed E-state index contributed by atoms with van der Waals surface area (Å²) in [4.78, 5) is 0.896. The molecule has 2 aromatic carbocycles. The van der Waals surface area contributed by atoms with E-state index in [1.54, 1.807) is 12.1 Å². The molecule has 0 aliphatic carbocycles. The van der Waals surface area contributed by atoms with Gasteiger partial charge in [-0.1, -0.05) is 63.4 Å². The van der Waals surface area contributed by atoms with Gasteiger partial charge in [0, 0.05) is 28.9 Å². The summed E-state index contributed by atoms with van der Waals surface area (Å²) < 4.78 is 25.3. The Kier molecular flexibility index (Phi) is 14.8. The van der Waals surface area contributed by atoms with E-state index in [9.17, 15) is 15.3 Å². The van der Waals surface area contributed by atoms with Crippen molar-refractivity contribution in [3.05, 3.63) is 59.7 Å². The Balaban J connectivity index is 1.30. The van der Waals surface area contributed by atoms with Gasteiger partial charge >= 0.3 is 0 Å². The zero-order valence-electron chi connectivity index (χ0n) is 26.6. The molecular formula is C36H54O7S. The fraction of sp³-hybridized carbons (Fsp3) is 0.667. The molecule has 2 heterocycles. The van der Waals surface area contributed by atoms with Crippen molar-refractivity contribution in [3.8, 4) is 5.75 Å². The number of aliphatic hydroxyl groups is 2. The lowest BCUT2D eigenvalue weighted by Gasteiger charge is -2.37. The summed E-state index contributed by atoms with van der Waals surface area (Å²) >= 11 is 4.41. The number of unbranched alkanes of at least 4 members (excludes halogenated alkanes) is 2. The van der Waals surface area contributed by atoms with E-state index in [4.69, 9.17) is 18.9 Å². The quantitative estimate of drug-likeness (QED) is 0.103. The van der Waals surface area contributed by atoms with Crippen molar-refractivity contribution in [2.24, 2.45) is 0 Å². The third-order valence-corrected chi connectivity index (χ3v) is 9.23. The molecule has 0 saturated carbocycles. The van der Waals surface area contributed by atoms with Gasteiger partial charge in [0.2, 0.25) is 0 Å². The first kappa shape index (κ1) is 35.2. The largest absolute Gasteiger partial charge is 0.507 e. The minimum atomic E-state index is -0.631. The first-order chi connectivity index (χ1) is 21.3. The molecule has 2 aliphatic rings. The van der Waals surface area contributed by atoms with Gasteiger partial charge in [-0.05, 0) is 76.0 Å². The predicted molar refractivity (Wildman–Crippen MR) is 175 cm³/mol. The Morgan fingerprint density at radius 1 is 0.705 bits per heavy atom. The van der Waals surface area contributed by atoms with Crippen LogP contribution in [0.2, 0.25) is 0 Å². The lowest BCUT2D eigenvalue weighted by atomic mass is 9.95. The van der Waals surface area contributed by atoms with Crippen molar-refractivity contribution in [2.75, 3.05) is 0 Å². The zero-order valence-corrected chi connectivity index (χ0v) is 27.5. The van der Waals surface area contributed by atoms with E-state index < -0.39 is 18.7 Å². The molecule has 8 heteroatoms. The number of phenolic OH excluding ortho intramolecular Hbond substituents is 1. The maximum absolute atomic E-state index is 11.1. The van der Waals surface area contributed by atoms with Crippen LogP contribution in [0.5, 0.6) is 5.75 Å². The van der Waals surface area contributed by atoms with E-state index in [0.717, 1.165) is 87.5 Å². The molecule has 3 N–H and O–H groups in total. The number of benzene rings is 2. The number of hydrogen-bond acceptors (Lipinski definition) is 8. The molecule has 4 rings (SSSR count). The summed E-state index contributed by atoms with van der Waals surface area (Å²) in [6.45, 7) is 4.20. The van der Waals surface area contributed by atoms with Gasteiger partial charge in [-0.15, -0.1) is 12.6 Å². The van der Waals surface area contributed by atoms with Gasteiger partial charge in [0.15, 0.2) is 12.6 Å². The van der Waals surface area contributed by atoms with E-state index in [1.165, 1.54) is 0 Å². The molecule has 2 fully saturated rings. The average molecular weight is 631 g/mol. The van der Waals surface area contributed by atoms with E-state index >= 15 is 0 Å². The van der Waals surface area contributed by atoms with Crippen LogP contribution in [-0.2, 0) is 18.9 Å². The number of hydrogen-bond donors (Lipinski definition) is 4. The number of para-hydroxylation sites is 1. The Bertz CT molecular complexity index is 1080. The third kappa shape index (κ3) is 11.3. The predicted octanol–water partition coefficient (Wildman–Crippen LogP) is 8.17. The second kappa shape index (κ2) is 18.5. The summed E-state index contributed by atoms with van der Waals surface area (Å²) in [6, 6.07) is 15.1. The summed E-state index contributed by atoms with van der Waals surface area (Å²) in [6.07, 6.45) is 10.3. The van der Waals surface area contributed by atoms with Crippen LogP contribution in [0, 0.1) is 0 Å². The SMILES string of the molecule is CCCCCC1CC(CC(O)CCCC2CC(CCCC(O)CC)OC(c3ccc(S)cc3)O2)OC(c2ccccc2O)O1. The van der Waals surface area contributed by atoms with Gasteiger partial charge in [-0.25, -0.2) is 0 Å². The number of ether oxygens (including phenoxy) is 4. The standard InChI is InChI=1S/C36H54O7S/c1-3-5-6-13-28-24-31(43-36(42-28)33-16-7-8-17-34(33)39)22-27(38)12-10-15-30-23-29(14-9-11-26(37)4-2)40-35(41-30)25-18-20-32(44)21-19-25/h7-8,16-21,26-31,35-39,44H,3-6,9-15,22-24H2,1-2H3. The maximum Gasteiger partial charge on any atom is 0.188 e. The Morgan fingerprint density at radius 2 is 1.27 bits per heavy atom. The molecule has 2 aliphatic heterocycles. The number of thiol groups is 1. The van der Waals surface area contributed by atoms with Crippen LogP contribution < -0.4 is 0 Å². The molecule has 0 aromatic heterocycles. The Morgan fingerprint density at radius 3 is 1.91 bits per heavy atom. The summed E-state index contributed by atoms with van der Waals surface area (Å²) in [5.74, 6) is 0.169. The zero-order chi connectivity index (χ0) is 31.3. The van der Waals surface area contributed by atoms with Crippen LogP contribution >= 0.6 is 12.6 Å². The van der Waals surface area contributed by atoms with Crippen molar-refractivity contribution < 1.29 is 34.3 Å². The summed E-state index contributed by atoms with van der Waals surface area (Å²) in [7, 11) is 0. The highest BCUT2D eigenvalue weighted by atomic mass is 32.1. The molecule has 8 atom stereocenters. The van der Waals surface area contributed by atoms with Crippen molar-refractivity contribution in [1.29, 1.82) is 0 Å². The number of aromatic hydroxyl groups is 1. The molecule has 0 bridgehead atoms. The van der Waals surface area contributed by atoms with Gasteiger partial charge in [0.25, 0.3) is 0 Å². The highest BCUT2D eigenvalue weighted by Gasteiger charge is 2.34. The smallest absolute Gasteiger partial charge is 0.188 e. The summed E-state index contributed by atoms with van der Waals surface area (Å²) in [5.41, 5.74) is 1.62. The van der Waals surface area contributed by atoms with Crippen molar-refractivity contribution in [3.63, 3.8) is 0 Å². The van der Waals surface area contributed by atoms with E-state index in [0.29, 0.717) is 18.4 Å². The lowest BCUT2D eigenvalue weighted by Crippen LogP contribution is -2.36. The molecule has 0 amide bonds. The monoisotopic (exact) mass is 630 g/mol. The van der Waals surface area contributed by atoms with Crippen LogP contribution in [0.1, 0.15) is 127 Å². The Labute approximate surface area is 269 Å². The molecule has 8 unspecified atom stereocenters. The molecule has 2 saturated heterocycles. The lowest BCUT2D eigenvalue weighted by molar-refractivity contribution is -0.254. The fourth-order valence-corrected chi connectivity index (χ4v) is 6.46. The highest BCUT2D eigenvalue weighted by molar-refractivity contribution is 7.80. The number of rotatable bonds is 17. The maximum atomic E-state index is 11.1. The van der Waals surface area contributed by atoms with Crippen LogP contribution in [0.3, 0.4) is 0 Å². The first-order valence-electron chi connectivity index (χ1n) is 16.9. The third-order valence-electron chi connectivity index (χ3n) is 8.93. The highest BCUT2D eigenvalue weighted by Crippen LogP contribution is 2.38. The first-order valence-corrected chi connectivity index (χ1v) is 17.3. The normalized spacial score (nSPS) is 27.2. The van der Waals surface area contributed by atoms with Crippen molar-refractivity contribution >= 4 is 12.6 Å². The van der Waals surface area contributed by atoms with Crippen LogP contribution in [0.15, 0.2) is 53.4 Å². The van der Waals surface area contributed by atoms with Gasteiger partial charge < -0.3 is 34.3 Å². The van der Waals surface area contributed by atoms with E-state index in [2.05, 4.69) is 19.6 Å². The summed E-state index contributed by atoms with van der Waals surface area (Å²) in [5, 5.41) is 31.5. The fourth-order valence-electron chi connectivity index (χ4n) is 6.31. The molecule has 0 radical (unpaired) electrons. The molecule has 246 valence electrons. The van der Waals surface area contributed by atoms with Gasteiger partial charge in [0.1, 0.15) is 5.75 Å². The number of aliphatic hydroxyl groups excluding tert-OH is 2. The van der Waals surface area contributed by atoms with E-state index in [-0.39, 0.29) is 36.3 Å². The molecular weight excluding hydrogens is 576 g/mol. The minimum absolute atomic E-state index is 0.0328. The number of phenols is 1. The molecule has 7 nitrogen and oxygen atoms in total. The topological polar surface area (TPSA) is 97.6 Å². The second-order valence-corrected chi connectivity index (χ2v) is 13.1. The molecule has 44 heavy (non-hydrogen) atoms. The van der Waals surface area contributed by atoms with Gasteiger partial charge in [-0.2, -0.15) is 0 Å². The molecule has 0 spiro atoms. The van der Waals surface area contributed by atoms with Gasteiger partial charge in [-0.3, -0.25) is 0 Å².